The van der Waals surface area contributed by atoms with Gasteiger partial charge in [-0.1, -0.05) is 67.2 Å². The van der Waals surface area contributed by atoms with E-state index in [-0.39, 0.29) is 17.2 Å². The third-order valence-electron chi connectivity index (χ3n) is 4.85. The Labute approximate surface area is 182 Å². The Kier molecular flexibility index (Phi) is 6.01. The molecule has 30 heavy (non-hydrogen) atoms. The minimum absolute atomic E-state index is 0.122. The Morgan fingerprint density at radius 2 is 1.97 bits per heavy atom. The Balaban J connectivity index is 1.51. The summed E-state index contributed by atoms with van der Waals surface area (Å²) in [5.74, 6) is 0.0472. The number of benzene rings is 2. The zero-order valence-corrected chi connectivity index (χ0v) is 18.3. The van der Waals surface area contributed by atoms with Gasteiger partial charge in [-0.05, 0) is 30.0 Å². The van der Waals surface area contributed by atoms with E-state index in [0.29, 0.717) is 15.4 Å². The number of anilines is 1. The Morgan fingerprint density at radius 3 is 2.73 bits per heavy atom. The van der Waals surface area contributed by atoms with Gasteiger partial charge in [0.15, 0.2) is 5.16 Å². The second-order valence-electron chi connectivity index (χ2n) is 6.87. The maximum absolute atomic E-state index is 12.7. The van der Waals surface area contributed by atoms with Crippen LogP contribution in [0.2, 0.25) is 0 Å². The lowest BCUT2D eigenvalue weighted by atomic mass is 10.1. The molecule has 0 spiro atoms. The average Bonchev–Trinajstić information content (AvgIpc) is 3.19. The molecule has 2 N–H and O–H groups in total. The number of aryl methyl sites for hydroxylation is 2. The molecule has 4 aromatic rings. The van der Waals surface area contributed by atoms with Crippen molar-refractivity contribution in [3.05, 3.63) is 75.4 Å². The summed E-state index contributed by atoms with van der Waals surface area (Å²) in [5.41, 5.74) is 4.69. The molecule has 0 aliphatic heterocycles. The van der Waals surface area contributed by atoms with Crippen LogP contribution in [-0.4, -0.2) is 21.6 Å². The smallest absolute Gasteiger partial charge is 0.260 e. The van der Waals surface area contributed by atoms with Gasteiger partial charge >= 0.3 is 0 Å². The van der Waals surface area contributed by atoms with Crippen LogP contribution in [0.15, 0.2) is 63.9 Å². The quantitative estimate of drug-likeness (QED) is 0.320. The Bertz CT molecular complexity index is 1260. The molecule has 0 atom stereocenters. The van der Waals surface area contributed by atoms with E-state index in [1.807, 2.05) is 60.8 Å². The molecule has 0 bridgehead atoms. The van der Waals surface area contributed by atoms with Gasteiger partial charge < -0.3 is 10.3 Å². The van der Waals surface area contributed by atoms with E-state index in [2.05, 4.69) is 22.2 Å². The molecule has 0 fully saturated rings. The summed E-state index contributed by atoms with van der Waals surface area (Å²) >= 11 is 2.67. The number of carbonyl (C=O) groups is 1. The van der Waals surface area contributed by atoms with Crippen LogP contribution in [0.3, 0.4) is 0 Å². The number of nitrogens with zero attached hydrogens (tertiary/aromatic N) is 1. The summed E-state index contributed by atoms with van der Waals surface area (Å²) in [7, 11) is 0. The predicted molar refractivity (Wildman–Crippen MR) is 126 cm³/mol. The van der Waals surface area contributed by atoms with Crippen LogP contribution in [0.25, 0.3) is 21.3 Å². The largest absolute Gasteiger partial charge is 0.325 e. The summed E-state index contributed by atoms with van der Waals surface area (Å²) < 4.78 is 0. The van der Waals surface area contributed by atoms with Crippen molar-refractivity contribution in [2.75, 3.05) is 11.1 Å². The van der Waals surface area contributed by atoms with E-state index in [9.17, 15) is 9.59 Å². The van der Waals surface area contributed by atoms with Crippen molar-refractivity contribution in [1.29, 1.82) is 0 Å². The molecular formula is C23H21N3O2S2. The number of nitrogens with one attached hydrogen (secondary N) is 2. The van der Waals surface area contributed by atoms with E-state index in [1.54, 1.807) is 0 Å². The fourth-order valence-electron chi connectivity index (χ4n) is 3.34. The number of hydrogen-bond acceptors (Lipinski definition) is 5. The summed E-state index contributed by atoms with van der Waals surface area (Å²) in [4.78, 5) is 33.3. The standard InChI is InChI=1S/C23H21N3O2S2/c1-3-15-11-7-8-14(2)20(15)24-18(27)13-30-23-25-21(28)19-17(12-29-22(19)26-23)16-9-5-4-6-10-16/h4-12H,3,13H2,1-2H3,(H,24,27)(H,25,26,28). The number of thiophene rings is 1. The monoisotopic (exact) mass is 435 g/mol. The number of thioether (sulfide) groups is 1. The minimum Gasteiger partial charge on any atom is -0.325 e. The van der Waals surface area contributed by atoms with Gasteiger partial charge in [-0.15, -0.1) is 11.3 Å². The Morgan fingerprint density at radius 1 is 1.17 bits per heavy atom. The highest BCUT2D eigenvalue weighted by atomic mass is 32.2. The van der Waals surface area contributed by atoms with E-state index in [4.69, 9.17) is 0 Å². The summed E-state index contributed by atoms with van der Waals surface area (Å²) in [6.07, 6.45) is 0.845. The summed E-state index contributed by atoms with van der Waals surface area (Å²) in [6, 6.07) is 15.8. The highest BCUT2D eigenvalue weighted by Gasteiger charge is 2.14. The maximum atomic E-state index is 12.7. The molecular weight excluding hydrogens is 414 g/mol. The lowest BCUT2D eigenvalue weighted by Gasteiger charge is -2.12. The molecule has 1 amide bonds. The highest BCUT2D eigenvalue weighted by Crippen LogP contribution is 2.31. The summed E-state index contributed by atoms with van der Waals surface area (Å²) in [6.45, 7) is 4.05. The van der Waals surface area contributed by atoms with Gasteiger partial charge in [0.25, 0.3) is 5.56 Å². The van der Waals surface area contributed by atoms with Crippen molar-refractivity contribution in [3.8, 4) is 11.1 Å². The van der Waals surface area contributed by atoms with Crippen LogP contribution in [0.1, 0.15) is 18.1 Å². The van der Waals surface area contributed by atoms with Gasteiger partial charge in [0, 0.05) is 16.6 Å². The number of aromatic nitrogens is 2. The molecule has 152 valence electrons. The number of aromatic amines is 1. The normalized spacial score (nSPS) is 11.0. The molecule has 2 aromatic heterocycles. The third-order valence-corrected chi connectivity index (χ3v) is 6.60. The molecule has 0 saturated heterocycles. The van der Waals surface area contributed by atoms with Gasteiger partial charge in [0.1, 0.15) is 4.83 Å². The van der Waals surface area contributed by atoms with E-state index in [0.717, 1.165) is 34.4 Å². The van der Waals surface area contributed by atoms with Gasteiger partial charge in [0.05, 0.1) is 11.1 Å². The first-order valence-corrected chi connectivity index (χ1v) is 11.5. The van der Waals surface area contributed by atoms with Crippen molar-refractivity contribution < 1.29 is 4.79 Å². The number of H-pyrrole nitrogens is 1. The molecule has 5 nitrogen and oxygen atoms in total. The first kappa shape index (κ1) is 20.4. The molecule has 0 saturated carbocycles. The summed E-state index contributed by atoms with van der Waals surface area (Å²) in [5, 5.41) is 5.99. The molecule has 4 rings (SSSR count). The number of hydrogen-bond donors (Lipinski definition) is 2. The van der Waals surface area contributed by atoms with E-state index >= 15 is 0 Å². The van der Waals surface area contributed by atoms with Crippen LogP contribution < -0.4 is 10.9 Å². The SMILES string of the molecule is CCc1cccc(C)c1NC(=O)CSc1nc2scc(-c3ccccc3)c2c(=O)[nH]1. The van der Waals surface area contributed by atoms with Gasteiger partial charge in [-0.25, -0.2) is 4.98 Å². The predicted octanol–water partition coefficient (Wildman–Crippen LogP) is 5.25. The molecule has 0 unspecified atom stereocenters. The van der Waals surface area contributed by atoms with Gasteiger partial charge in [0.2, 0.25) is 5.91 Å². The number of fused-ring (bicyclic) bond motifs is 1. The van der Waals surface area contributed by atoms with Crippen molar-refractivity contribution >= 4 is 44.9 Å². The molecule has 2 heterocycles. The van der Waals surface area contributed by atoms with E-state index < -0.39 is 0 Å². The van der Waals surface area contributed by atoms with Crippen LogP contribution in [0.5, 0.6) is 0 Å². The molecule has 0 aliphatic carbocycles. The van der Waals surface area contributed by atoms with Crippen molar-refractivity contribution in [1.82, 2.24) is 9.97 Å². The van der Waals surface area contributed by atoms with E-state index in [1.165, 1.54) is 23.1 Å². The van der Waals surface area contributed by atoms with Gasteiger partial charge in [-0.2, -0.15) is 0 Å². The topological polar surface area (TPSA) is 74.8 Å². The number of amides is 1. The molecule has 0 aliphatic rings. The zero-order valence-electron chi connectivity index (χ0n) is 16.7. The van der Waals surface area contributed by atoms with Crippen LogP contribution in [0.4, 0.5) is 5.69 Å². The molecule has 7 heteroatoms. The zero-order chi connectivity index (χ0) is 21.1. The number of rotatable bonds is 6. The third kappa shape index (κ3) is 4.17. The van der Waals surface area contributed by atoms with Crippen LogP contribution >= 0.6 is 23.1 Å². The average molecular weight is 436 g/mol. The molecule has 0 radical (unpaired) electrons. The van der Waals surface area contributed by atoms with Crippen molar-refractivity contribution in [3.63, 3.8) is 0 Å². The van der Waals surface area contributed by atoms with Crippen LogP contribution in [0, 0.1) is 6.92 Å². The number of carbonyl (C=O) groups excluding carboxylic acids is 1. The second-order valence-corrected chi connectivity index (χ2v) is 8.69. The fraction of sp³-hybridized carbons (Fsp3) is 0.174. The van der Waals surface area contributed by atoms with Crippen molar-refractivity contribution in [2.24, 2.45) is 0 Å². The first-order chi connectivity index (χ1) is 14.6. The lowest BCUT2D eigenvalue weighted by Crippen LogP contribution is -2.17. The first-order valence-electron chi connectivity index (χ1n) is 9.65. The van der Waals surface area contributed by atoms with Crippen molar-refractivity contribution in [2.45, 2.75) is 25.4 Å². The highest BCUT2D eigenvalue weighted by molar-refractivity contribution is 7.99. The lowest BCUT2D eigenvalue weighted by molar-refractivity contribution is -0.113. The minimum atomic E-state index is -0.185. The molecule has 2 aromatic carbocycles. The maximum Gasteiger partial charge on any atom is 0.260 e. The second kappa shape index (κ2) is 8.85. The number of para-hydroxylation sites is 1. The fourth-order valence-corrected chi connectivity index (χ4v) is 5.01. The van der Waals surface area contributed by atoms with Gasteiger partial charge in [-0.3, -0.25) is 9.59 Å². The Hall–Kier alpha value is -2.90. The van der Waals surface area contributed by atoms with Crippen LogP contribution in [-0.2, 0) is 11.2 Å².